The first-order valence-corrected chi connectivity index (χ1v) is 6.74. The quantitative estimate of drug-likeness (QED) is 0.792. The van der Waals surface area contributed by atoms with Crippen LogP contribution in [0, 0.1) is 5.82 Å². The lowest BCUT2D eigenvalue weighted by molar-refractivity contribution is -0.138. The molecular formula is C15H18FNO3. The molecule has 1 heterocycles. The molecular weight excluding hydrogens is 261 g/mol. The minimum absolute atomic E-state index is 0.0318. The van der Waals surface area contributed by atoms with Crippen LogP contribution in [-0.2, 0) is 9.53 Å². The number of carbonyl (C=O) groups is 2. The molecule has 1 aromatic rings. The number of ketones is 1. The molecule has 2 rings (SSSR count). The molecule has 4 nitrogen and oxygen atoms in total. The van der Waals surface area contributed by atoms with Crippen LogP contribution in [0.1, 0.15) is 30.1 Å². The number of morpholine rings is 1. The summed E-state index contributed by atoms with van der Waals surface area (Å²) in [7, 11) is 0. The molecule has 0 N–H and O–H groups in total. The van der Waals surface area contributed by atoms with Gasteiger partial charge in [-0.1, -0.05) is 0 Å². The Morgan fingerprint density at radius 2 is 2.00 bits per heavy atom. The van der Waals surface area contributed by atoms with Crippen LogP contribution >= 0.6 is 0 Å². The summed E-state index contributed by atoms with van der Waals surface area (Å²) in [6.45, 7) is 3.61. The summed E-state index contributed by atoms with van der Waals surface area (Å²) in [5.74, 6) is -0.546. The van der Waals surface area contributed by atoms with E-state index in [1.807, 2.05) is 6.92 Å². The highest BCUT2D eigenvalue weighted by atomic mass is 19.1. The van der Waals surface area contributed by atoms with E-state index in [0.717, 1.165) is 0 Å². The van der Waals surface area contributed by atoms with Crippen LogP contribution in [0.3, 0.4) is 0 Å². The average Bonchev–Trinajstić information content (AvgIpc) is 2.45. The normalized spacial score (nSPS) is 18.9. The zero-order valence-corrected chi connectivity index (χ0v) is 11.5. The van der Waals surface area contributed by atoms with E-state index in [1.54, 1.807) is 4.90 Å². The van der Waals surface area contributed by atoms with Crippen LogP contribution in [-0.4, -0.2) is 42.4 Å². The molecule has 1 saturated heterocycles. The molecule has 1 unspecified atom stereocenters. The van der Waals surface area contributed by atoms with Gasteiger partial charge in [0.1, 0.15) is 5.82 Å². The van der Waals surface area contributed by atoms with Gasteiger partial charge in [0.25, 0.3) is 0 Å². The van der Waals surface area contributed by atoms with Gasteiger partial charge in [0.05, 0.1) is 12.7 Å². The van der Waals surface area contributed by atoms with Crippen molar-refractivity contribution in [3.05, 3.63) is 35.6 Å². The van der Waals surface area contributed by atoms with Crippen LogP contribution in [0.5, 0.6) is 0 Å². The molecule has 1 fully saturated rings. The summed E-state index contributed by atoms with van der Waals surface area (Å²) in [5, 5.41) is 0. The highest BCUT2D eigenvalue weighted by Crippen LogP contribution is 2.11. The minimum atomic E-state index is -0.375. The lowest BCUT2D eigenvalue weighted by Gasteiger charge is -2.31. The van der Waals surface area contributed by atoms with Gasteiger partial charge in [-0.3, -0.25) is 9.59 Å². The Balaban J connectivity index is 1.83. The van der Waals surface area contributed by atoms with Crippen molar-refractivity contribution < 1.29 is 18.7 Å². The molecule has 5 heteroatoms. The van der Waals surface area contributed by atoms with Gasteiger partial charge < -0.3 is 9.64 Å². The Bertz CT molecular complexity index is 486. The summed E-state index contributed by atoms with van der Waals surface area (Å²) in [4.78, 5) is 25.6. The van der Waals surface area contributed by atoms with Crippen molar-refractivity contribution in [1.82, 2.24) is 4.90 Å². The molecule has 1 atom stereocenters. The third-order valence-corrected chi connectivity index (χ3v) is 3.33. The maximum atomic E-state index is 12.8. The van der Waals surface area contributed by atoms with Gasteiger partial charge in [-0.05, 0) is 31.2 Å². The molecule has 0 radical (unpaired) electrons. The second kappa shape index (κ2) is 6.61. The highest BCUT2D eigenvalue weighted by molar-refractivity contribution is 5.97. The summed E-state index contributed by atoms with van der Waals surface area (Å²) in [6.07, 6.45) is 0.375. The number of carbonyl (C=O) groups excluding carboxylic acids is 2. The van der Waals surface area contributed by atoms with Gasteiger partial charge in [-0.2, -0.15) is 0 Å². The fourth-order valence-corrected chi connectivity index (χ4v) is 2.20. The van der Waals surface area contributed by atoms with Gasteiger partial charge >= 0.3 is 0 Å². The smallest absolute Gasteiger partial charge is 0.223 e. The fraction of sp³-hybridized carbons (Fsp3) is 0.467. The summed E-state index contributed by atoms with van der Waals surface area (Å²) in [5.41, 5.74) is 0.439. The third kappa shape index (κ3) is 3.87. The van der Waals surface area contributed by atoms with Crippen LogP contribution in [0.2, 0.25) is 0 Å². The summed E-state index contributed by atoms with van der Waals surface area (Å²) in [6, 6.07) is 5.38. The Kier molecular flexibility index (Phi) is 4.84. The monoisotopic (exact) mass is 279 g/mol. The molecule has 1 aliphatic rings. The van der Waals surface area contributed by atoms with Crippen LogP contribution in [0.15, 0.2) is 24.3 Å². The first-order chi connectivity index (χ1) is 9.56. The van der Waals surface area contributed by atoms with Crippen molar-refractivity contribution in [3.8, 4) is 0 Å². The second-order valence-corrected chi connectivity index (χ2v) is 4.95. The zero-order valence-electron chi connectivity index (χ0n) is 11.5. The lowest BCUT2D eigenvalue weighted by Crippen LogP contribution is -2.44. The van der Waals surface area contributed by atoms with E-state index in [-0.39, 0.29) is 36.5 Å². The van der Waals surface area contributed by atoms with E-state index < -0.39 is 0 Å². The van der Waals surface area contributed by atoms with Crippen LogP contribution < -0.4 is 0 Å². The number of rotatable bonds is 4. The van der Waals surface area contributed by atoms with E-state index in [4.69, 9.17) is 4.74 Å². The Labute approximate surface area is 117 Å². The number of hydrogen-bond acceptors (Lipinski definition) is 3. The maximum absolute atomic E-state index is 12.8. The molecule has 1 aliphatic heterocycles. The van der Waals surface area contributed by atoms with Crippen LogP contribution in [0.4, 0.5) is 4.39 Å². The third-order valence-electron chi connectivity index (χ3n) is 3.33. The SMILES string of the molecule is CC1CN(C(=O)CCC(=O)c2ccc(F)cc2)CCO1. The number of halogens is 1. The largest absolute Gasteiger partial charge is 0.375 e. The maximum Gasteiger partial charge on any atom is 0.223 e. The zero-order chi connectivity index (χ0) is 14.5. The minimum Gasteiger partial charge on any atom is -0.375 e. The Morgan fingerprint density at radius 1 is 1.30 bits per heavy atom. The predicted molar refractivity (Wildman–Crippen MR) is 72.0 cm³/mol. The van der Waals surface area contributed by atoms with Crippen molar-refractivity contribution in [1.29, 1.82) is 0 Å². The van der Waals surface area contributed by atoms with Gasteiger partial charge in [0.15, 0.2) is 5.78 Å². The second-order valence-electron chi connectivity index (χ2n) is 4.95. The van der Waals surface area contributed by atoms with E-state index in [2.05, 4.69) is 0 Å². The first-order valence-electron chi connectivity index (χ1n) is 6.74. The molecule has 1 aromatic carbocycles. The topological polar surface area (TPSA) is 46.6 Å². The van der Waals surface area contributed by atoms with E-state index >= 15 is 0 Å². The average molecular weight is 279 g/mol. The van der Waals surface area contributed by atoms with Gasteiger partial charge in [0, 0.05) is 31.5 Å². The molecule has 0 saturated carbocycles. The molecule has 20 heavy (non-hydrogen) atoms. The molecule has 0 aliphatic carbocycles. The number of nitrogens with zero attached hydrogens (tertiary/aromatic N) is 1. The van der Waals surface area contributed by atoms with E-state index in [9.17, 15) is 14.0 Å². The number of benzene rings is 1. The van der Waals surface area contributed by atoms with Crippen molar-refractivity contribution in [2.75, 3.05) is 19.7 Å². The highest BCUT2D eigenvalue weighted by Gasteiger charge is 2.21. The van der Waals surface area contributed by atoms with Gasteiger partial charge in [0.2, 0.25) is 5.91 Å². The summed E-state index contributed by atoms with van der Waals surface area (Å²) >= 11 is 0. The predicted octanol–water partition coefficient (Wildman–Crippen LogP) is 2.04. The van der Waals surface area contributed by atoms with Crippen molar-refractivity contribution in [2.45, 2.75) is 25.9 Å². The molecule has 1 amide bonds. The number of amides is 1. The lowest BCUT2D eigenvalue weighted by atomic mass is 10.1. The molecule has 108 valence electrons. The van der Waals surface area contributed by atoms with Crippen molar-refractivity contribution in [3.63, 3.8) is 0 Å². The summed E-state index contributed by atoms with van der Waals surface area (Å²) < 4.78 is 18.1. The Hall–Kier alpha value is -1.75. The molecule has 0 aromatic heterocycles. The molecule has 0 spiro atoms. The van der Waals surface area contributed by atoms with Crippen molar-refractivity contribution in [2.24, 2.45) is 0 Å². The Morgan fingerprint density at radius 3 is 2.65 bits per heavy atom. The first kappa shape index (κ1) is 14.7. The van der Waals surface area contributed by atoms with Gasteiger partial charge in [-0.15, -0.1) is 0 Å². The standard InChI is InChI=1S/C15H18FNO3/c1-11-10-17(8-9-20-11)15(19)7-6-14(18)12-2-4-13(16)5-3-12/h2-5,11H,6-10H2,1H3. The van der Waals surface area contributed by atoms with Crippen molar-refractivity contribution >= 4 is 11.7 Å². The number of hydrogen-bond donors (Lipinski definition) is 0. The van der Waals surface area contributed by atoms with Crippen LogP contribution in [0.25, 0.3) is 0 Å². The van der Waals surface area contributed by atoms with Gasteiger partial charge in [-0.25, -0.2) is 4.39 Å². The number of ether oxygens (including phenoxy) is 1. The number of Topliss-reactive ketones (excluding diaryl/α,β-unsaturated/α-hetero) is 1. The van der Waals surface area contributed by atoms with E-state index in [1.165, 1.54) is 24.3 Å². The van der Waals surface area contributed by atoms with E-state index in [0.29, 0.717) is 25.3 Å². The fourth-order valence-electron chi connectivity index (χ4n) is 2.20. The molecule has 0 bridgehead atoms.